The van der Waals surface area contributed by atoms with Crippen LogP contribution in [0.5, 0.6) is 0 Å². The maximum atomic E-state index is 12.4. The zero-order valence-electron chi connectivity index (χ0n) is 16.1. The number of likely N-dealkylation sites (tertiary alicyclic amines) is 1. The van der Waals surface area contributed by atoms with Crippen molar-refractivity contribution < 1.29 is 14.3 Å². The van der Waals surface area contributed by atoms with E-state index >= 15 is 0 Å². The van der Waals surface area contributed by atoms with Gasteiger partial charge in [-0.1, -0.05) is 30.3 Å². The number of benzene rings is 1. The van der Waals surface area contributed by atoms with Crippen LogP contribution in [0.1, 0.15) is 25.3 Å². The predicted molar refractivity (Wildman–Crippen MR) is 103 cm³/mol. The molecule has 0 spiro atoms. The molecule has 0 saturated carbocycles. The number of nitrogens with one attached hydrogen (secondary N) is 1. The third-order valence-corrected chi connectivity index (χ3v) is 5.39. The maximum absolute atomic E-state index is 12.4. The second-order valence-electron chi connectivity index (χ2n) is 7.08. The first kappa shape index (κ1) is 19.5. The third-order valence-electron chi connectivity index (χ3n) is 5.39. The van der Waals surface area contributed by atoms with Crippen molar-refractivity contribution in [3.05, 3.63) is 35.9 Å². The predicted octanol–water partition coefficient (Wildman–Crippen LogP) is 2.13. The molecule has 3 rings (SSSR count). The molecule has 2 saturated heterocycles. The van der Waals surface area contributed by atoms with E-state index in [0.29, 0.717) is 19.2 Å². The average Bonchev–Trinajstić information content (AvgIpc) is 2.73. The second kappa shape index (κ2) is 9.60. The molecule has 0 aromatic heterocycles. The summed E-state index contributed by atoms with van der Waals surface area (Å²) >= 11 is 0. The van der Waals surface area contributed by atoms with Crippen LogP contribution >= 0.6 is 0 Å². The molecule has 7 nitrogen and oxygen atoms in total. The number of rotatable bonds is 4. The molecule has 0 bridgehead atoms. The van der Waals surface area contributed by atoms with Crippen molar-refractivity contribution in [1.82, 2.24) is 20.0 Å². The molecule has 2 heterocycles. The molecule has 1 N–H and O–H groups in total. The molecule has 7 heteroatoms. The first-order chi connectivity index (χ1) is 13.2. The Balaban J connectivity index is 1.37. The summed E-state index contributed by atoms with van der Waals surface area (Å²) in [5, 5.41) is 3.00. The molecule has 148 valence electrons. The number of amides is 3. The summed E-state index contributed by atoms with van der Waals surface area (Å²) in [5.74, 6) is 0. The molecule has 2 fully saturated rings. The molecule has 2 aliphatic heterocycles. The van der Waals surface area contributed by atoms with E-state index in [9.17, 15) is 9.59 Å². The molecule has 2 aliphatic rings. The average molecular weight is 374 g/mol. The third kappa shape index (κ3) is 5.35. The maximum Gasteiger partial charge on any atom is 0.409 e. The summed E-state index contributed by atoms with van der Waals surface area (Å²) in [6.45, 7) is 7.60. The highest BCUT2D eigenvalue weighted by atomic mass is 16.6. The van der Waals surface area contributed by atoms with Gasteiger partial charge in [0.2, 0.25) is 0 Å². The number of carbonyl (C=O) groups is 2. The molecule has 0 unspecified atom stereocenters. The summed E-state index contributed by atoms with van der Waals surface area (Å²) in [6.07, 6.45) is 1.74. The van der Waals surface area contributed by atoms with Crippen LogP contribution in [-0.4, -0.2) is 78.7 Å². The standard InChI is InChI=1S/C20H30N4O3/c1-2-27-20(26)24-10-8-18(9-11-24)22-12-14-23(15-13-22)19(25)21-16-17-6-4-3-5-7-17/h3-7,18H,2,8-16H2,1H3,(H,21,25). The lowest BCUT2D eigenvalue weighted by Crippen LogP contribution is -2.56. The smallest absolute Gasteiger partial charge is 0.409 e. The van der Waals surface area contributed by atoms with Crippen molar-refractivity contribution in [3.63, 3.8) is 0 Å². The molecule has 27 heavy (non-hydrogen) atoms. The molecular formula is C20H30N4O3. The van der Waals surface area contributed by atoms with Crippen LogP contribution in [0.3, 0.4) is 0 Å². The lowest BCUT2D eigenvalue weighted by atomic mass is 10.0. The minimum Gasteiger partial charge on any atom is -0.450 e. The SMILES string of the molecule is CCOC(=O)N1CCC(N2CCN(C(=O)NCc3ccccc3)CC2)CC1. The molecule has 1 aromatic carbocycles. The van der Waals surface area contributed by atoms with Gasteiger partial charge in [0.1, 0.15) is 0 Å². The Bertz CT molecular complexity index is 609. The van der Waals surface area contributed by atoms with Gasteiger partial charge in [0.15, 0.2) is 0 Å². The Morgan fingerprint density at radius 2 is 1.67 bits per heavy atom. The van der Waals surface area contributed by atoms with Gasteiger partial charge in [0.25, 0.3) is 0 Å². The highest BCUT2D eigenvalue weighted by Crippen LogP contribution is 2.19. The van der Waals surface area contributed by atoms with E-state index < -0.39 is 0 Å². The van der Waals surface area contributed by atoms with Gasteiger partial charge >= 0.3 is 12.1 Å². The highest BCUT2D eigenvalue weighted by molar-refractivity contribution is 5.74. The fourth-order valence-corrected chi connectivity index (χ4v) is 3.80. The van der Waals surface area contributed by atoms with Crippen LogP contribution in [0.2, 0.25) is 0 Å². The number of piperazine rings is 1. The van der Waals surface area contributed by atoms with Crippen LogP contribution in [-0.2, 0) is 11.3 Å². The highest BCUT2D eigenvalue weighted by Gasteiger charge is 2.30. The van der Waals surface area contributed by atoms with Crippen LogP contribution in [0.15, 0.2) is 30.3 Å². The Kier molecular flexibility index (Phi) is 6.92. The lowest BCUT2D eigenvalue weighted by molar-refractivity contribution is 0.0568. The molecular weight excluding hydrogens is 344 g/mol. The molecule has 0 radical (unpaired) electrons. The van der Waals surface area contributed by atoms with Gasteiger partial charge in [-0.15, -0.1) is 0 Å². The number of urea groups is 1. The van der Waals surface area contributed by atoms with E-state index in [2.05, 4.69) is 10.2 Å². The summed E-state index contributed by atoms with van der Waals surface area (Å²) in [6, 6.07) is 10.5. The first-order valence-corrected chi connectivity index (χ1v) is 9.90. The number of hydrogen-bond acceptors (Lipinski definition) is 4. The van der Waals surface area contributed by atoms with E-state index in [-0.39, 0.29) is 12.1 Å². The quantitative estimate of drug-likeness (QED) is 0.877. The second-order valence-corrected chi connectivity index (χ2v) is 7.08. The van der Waals surface area contributed by atoms with Gasteiger partial charge in [0.05, 0.1) is 6.61 Å². The summed E-state index contributed by atoms with van der Waals surface area (Å²) < 4.78 is 5.08. The van der Waals surface area contributed by atoms with E-state index in [1.165, 1.54) is 0 Å². The fraction of sp³-hybridized carbons (Fsp3) is 0.600. The fourth-order valence-electron chi connectivity index (χ4n) is 3.80. The Morgan fingerprint density at radius 3 is 2.30 bits per heavy atom. The number of nitrogens with zero attached hydrogens (tertiary/aromatic N) is 3. The minimum atomic E-state index is -0.198. The summed E-state index contributed by atoms with van der Waals surface area (Å²) in [4.78, 5) is 30.3. The first-order valence-electron chi connectivity index (χ1n) is 9.90. The van der Waals surface area contributed by atoms with Crippen LogP contribution in [0, 0.1) is 0 Å². The van der Waals surface area contributed by atoms with E-state index in [1.807, 2.05) is 42.2 Å². The number of carbonyl (C=O) groups excluding carboxylic acids is 2. The van der Waals surface area contributed by atoms with Crippen molar-refractivity contribution in [2.24, 2.45) is 0 Å². The van der Waals surface area contributed by atoms with Crippen molar-refractivity contribution in [1.29, 1.82) is 0 Å². The zero-order valence-corrected chi connectivity index (χ0v) is 16.1. The normalized spacial score (nSPS) is 19.0. The number of hydrogen-bond donors (Lipinski definition) is 1. The molecule has 0 atom stereocenters. The van der Waals surface area contributed by atoms with Crippen molar-refractivity contribution >= 4 is 12.1 Å². The monoisotopic (exact) mass is 374 g/mol. The van der Waals surface area contributed by atoms with E-state index in [4.69, 9.17) is 4.74 Å². The van der Waals surface area contributed by atoms with Crippen LogP contribution in [0.25, 0.3) is 0 Å². The van der Waals surface area contributed by atoms with Gasteiger partial charge in [-0.3, -0.25) is 4.90 Å². The topological polar surface area (TPSA) is 65.1 Å². The van der Waals surface area contributed by atoms with Crippen LogP contribution in [0.4, 0.5) is 9.59 Å². The number of piperidine rings is 1. The minimum absolute atomic E-state index is 0.00985. The van der Waals surface area contributed by atoms with E-state index in [0.717, 1.165) is 57.7 Å². The lowest BCUT2D eigenvalue weighted by Gasteiger charge is -2.42. The zero-order chi connectivity index (χ0) is 19.1. The van der Waals surface area contributed by atoms with Crippen molar-refractivity contribution in [2.75, 3.05) is 45.9 Å². The largest absolute Gasteiger partial charge is 0.450 e. The van der Waals surface area contributed by atoms with Gasteiger partial charge in [-0.05, 0) is 25.3 Å². The van der Waals surface area contributed by atoms with E-state index in [1.54, 1.807) is 4.90 Å². The Labute approximate surface area is 161 Å². The van der Waals surface area contributed by atoms with Crippen molar-refractivity contribution in [3.8, 4) is 0 Å². The van der Waals surface area contributed by atoms with Gasteiger partial charge in [-0.2, -0.15) is 0 Å². The molecule has 3 amide bonds. The summed E-state index contributed by atoms with van der Waals surface area (Å²) in [7, 11) is 0. The molecule has 0 aliphatic carbocycles. The van der Waals surface area contributed by atoms with Gasteiger partial charge in [-0.25, -0.2) is 9.59 Å². The molecule has 1 aromatic rings. The number of ether oxygens (including phenoxy) is 1. The van der Waals surface area contributed by atoms with Gasteiger partial charge < -0.3 is 19.9 Å². The van der Waals surface area contributed by atoms with Crippen LogP contribution < -0.4 is 5.32 Å². The Hall–Kier alpha value is -2.28. The summed E-state index contributed by atoms with van der Waals surface area (Å²) in [5.41, 5.74) is 1.11. The Morgan fingerprint density at radius 1 is 1.00 bits per heavy atom. The van der Waals surface area contributed by atoms with Crippen molar-refractivity contribution in [2.45, 2.75) is 32.4 Å². The van der Waals surface area contributed by atoms with Gasteiger partial charge in [0, 0.05) is 51.9 Å².